The summed E-state index contributed by atoms with van der Waals surface area (Å²) in [6.07, 6.45) is -4.21. The summed E-state index contributed by atoms with van der Waals surface area (Å²) in [5.74, 6) is -0.205. The van der Waals surface area contributed by atoms with Crippen LogP contribution in [0.25, 0.3) is 10.9 Å². The number of piperazine rings is 1. The number of fused-ring (bicyclic) bond motifs is 1. The zero-order valence-electron chi connectivity index (χ0n) is 12.2. The van der Waals surface area contributed by atoms with Crippen molar-refractivity contribution in [3.05, 3.63) is 35.0 Å². The van der Waals surface area contributed by atoms with Crippen LogP contribution >= 0.6 is 11.6 Å². The van der Waals surface area contributed by atoms with E-state index in [9.17, 15) is 18.0 Å². The summed E-state index contributed by atoms with van der Waals surface area (Å²) in [4.78, 5) is 18.4. The van der Waals surface area contributed by atoms with Gasteiger partial charge in [0.1, 0.15) is 5.69 Å². The molecule has 8 heteroatoms. The molecule has 2 aromatic rings. The fourth-order valence-corrected chi connectivity index (χ4v) is 2.93. The maximum absolute atomic E-state index is 12.5. The number of carbonyl (C=O) groups is 1. The first-order chi connectivity index (χ1) is 10.8. The van der Waals surface area contributed by atoms with Crippen molar-refractivity contribution in [2.75, 3.05) is 32.7 Å². The third-order valence-corrected chi connectivity index (χ3v) is 4.11. The van der Waals surface area contributed by atoms with Gasteiger partial charge in [0.2, 0.25) is 0 Å². The second-order valence-corrected chi connectivity index (χ2v) is 6.03. The molecule has 1 fully saturated rings. The van der Waals surface area contributed by atoms with E-state index < -0.39 is 12.7 Å². The van der Waals surface area contributed by atoms with E-state index in [-0.39, 0.29) is 32.1 Å². The van der Waals surface area contributed by atoms with Crippen LogP contribution in [0.15, 0.2) is 24.3 Å². The number of alkyl halides is 3. The first kappa shape index (κ1) is 16.1. The van der Waals surface area contributed by atoms with Crippen molar-refractivity contribution >= 4 is 28.4 Å². The molecule has 0 bridgehead atoms. The molecule has 0 aliphatic carbocycles. The lowest BCUT2D eigenvalue weighted by Gasteiger charge is -2.34. The lowest BCUT2D eigenvalue weighted by molar-refractivity contribution is -0.148. The van der Waals surface area contributed by atoms with E-state index in [4.69, 9.17) is 11.6 Å². The van der Waals surface area contributed by atoms with Crippen molar-refractivity contribution in [1.82, 2.24) is 14.8 Å². The summed E-state index contributed by atoms with van der Waals surface area (Å²) in [6.45, 7) is 0.0740. The monoisotopic (exact) mass is 345 g/mol. The van der Waals surface area contributed by atoms with Crippen LogP contribution in [-0.4, -0.2) is 59.6 Å². The zero-order chi connectivity index (χ0) is 16.6. The molecule has 0 saturated carbocycles. The Kier molecular flexibility index (Phi) is 4.25. The molecule has 3 rings (SSSR count). The molecule has 1 N–H and O–H groups in total. The van der Waals surface area contributed by atoms with Crippen LogP contribution in [0.4, 0.5) is 13.2 Å². The first-order valence-electron chi connectivity index (χ1n) is 7.18. The van der Waals surface area contributed by atoms with Crippen LogP contribution in [-0.2, 0) is 0 Å². The van der Waals surface area contributed by atoms with E-state index in [0.717, 1.165) is 10.9 Å². The van der Waals surface area contributed by atoms with E-state index in [1.165, 1.54) is 4.90 Å². The van der Waals surface area contributed by atoms with Gasteiger partial charge in [-0.3, -0.25) is 9.69 Å². The highest BCUT2D eigenvalue weighted by molar-refractivity contribution is 6.31. The second-order valence-electron chi connectivity index (χ2n) is 5.60. The number of halogens is 4. The molecule has 1 aromatic heterocycles. The molecule has 1 aromatic carbocycles. The Labute approximate surface area is 135 Å². The molecule has 0 atom stereocenters. The number of amides is 1. The van der Waals surface area contributed by atoms with E-state index >= 15 is 0 Å². The molecule has 1 saturated heterocycles. The molecule has 0 unspecified atom stereocenters. The average Bonchev–Trinajstić information content (AvgIpc) is 2.88. The number of H-pyrrole nitrogens is 1. The highest BCUT2D eigenvalue weighted by atomic mass is 35.5. The van der Waals surface area contributed by atoms with Gasteiger partial charge in [-0.25, -0.2) is 0 Å². The highest BCUT2D eigenvalue weighted by Gasteiger charge is 2.33. The Morgan fingerprint density at radius 2 is 1.87 bits per heavy atom. The highest BCUT2D eigenvalue weighted by Crippen LogP contribution is 2.22. The molecule has 4 nitrogen and oxygen atoms in total. The van der Waals surface area contributed by atoms with Crippen LogP contribution in [0.5, 0.6) is 0 Å². The third kappa shape index (κ3) is 3.79. The topological polar surface area (TPSA) is 39.3 Å². The summed E-state index contributed by atoms with van der Waals surface area (Å²) < 4.78 is 37.1. The third-order valence-electron chi connectivity index (χ3n) is 3.88. The van der Waals surface area contributed by atoms with Crippen molar-refractivity contribution in [2.24, 2.45) is 0 Å². The van der Waals surface area contributed by atoms with Crippen LogP contribution in [0.1, 0.15) is 10.5 Å². The Morgan fingerprint density at radius 1 is 1.17 bits per heavy atom. The van der Waals surface area contributed by atoms with Crippen molar-refractivity contribution in [3.63, 3.8) is 0 Å². The summed E-state index contributed by atoms with van der Waals surface area (Å²) in [5.41, 5.74) is 1.22. The molecular formula is C15H15ClF3N3O. The molecule has 1 amide bonds. The number of benzene rings is 1. The standard InChI is InChI=1S/C15H15ClF3N3O/c16-11-1-2-12-10(7-11)8-13(20-12)14(23)22-5-3-21(4-6-22)9-15(17,18)19/h1-2,7-8,20H,3-6,9H2. The number of aromatic nitrogens is 1. The van der Waals surface area contributed by atoms with Gasteiger partial charge in [0.05, 0.1) is 6.54 Å². The Balaban J connectivity index is 1.66. The number of nitrogens with one attached hydrogen (secondary N) is 1. The maximum atomic E-state index is 12.5. The predicted octanol–water partition coefficient (Wildman–Crippen LogP) is 3.14. The molecule has 23 heavy (non-hydrogen) atoms. The molecule has 2 heterocycles. The minimum absolute atomic E-state index is 0.205. The van der Waals surface area contributed by atoms with Gasteiger partial charge in [-0.2, -0.15) is 13.2 Å². The van der Waals surface area contributed by atoms with Crippen LogP contribution in [0.2, 0.25) is 5.02 Å². The lowest BCUT2D eigenvalue weighted by atomic mass is 10.2. The SMILES string of the molecule is O=C(c1cc2cc(Cl)ccc2[nH]1)N1CCN(CC(F)(F)F)CC1. The normalized spacial score (nSPS) is 17.0. The Hall–Kier alpha value is -1.73. The first-order valence-corrected chi connectivity index (χ1v) is 7.56. The van der Waals surface area contributed by atoms with Crippen molar-refractivity contribution in [3.8, 4) is 0 Å². The van der Waals surface area contributed by atoms with Crippen molar-refractivity contribution in [1.29, 1.82) is 0 Å². The number of aromatic amines is 1. The van der Waals surface area contributed by atoms with Crippen LogP contribution < -0.4 is 0 Å². The fraction of sp³-hybridized carbons (Fsp3) is 0.400. The summed E-state index contributed by atoms with van der Waals surface area (Å²) in [7, 11) is 0. The smallest absolute Gasteiger partial charge is 0.351 e. The number of hydrogen-bond donors (Lipinski definition) is 1. The molecule has 1 aliphatic heterocycles. The Bertz CT molecular complexity index is 720. The minimum Gasteiger partial charge on any atom is -0.351 e. The number of hydrogen-bond acceptors (Lipinski definition) is 2. The van der Waals surface area contributed by atoms with Crippen molar-refractivity contribution in [2.45, 2.75) is 6.18 Å². The number of carbonyl (C=O) groups excluding carboxylic acids is 1. The van der Waals surface area contributed by atoms with Crippen LogP contribution in [0.3, 0.4) is 0 Å². The van der Waals surface area contributed by atoms with Crippen molar-refractivity contribution < 1.29 is 18.0 Å². The van der Waals surface area contributed by atoms with Gasteiger partial charge >= 0.3 is 6.18 Å². The summed E-state index contributed by atoms with van der Waals surface area (Å²) in [5, 5.41) is 1.41. The van der Waals surface area contributed by atoms with Gasteiger partial charge in [0.25, 0.3) is 5.91 Å². The fourth-order valence-electron chi connectivity index (χ4n) is 2.75. The van der Waals surface area contributed by atoms with Gasteiger partial charge in [-0.15, -0.1) is 0 Å². The number of rotatable bonds is 2. The van der Waals surface area contributed by atoms with Gasteiger partial charge in [0, 0.05) is 42.1 Å². The van der Waals surface area contributed by atoms with Gasteiger partial charge in [-0.1, -0.05) is 11.6 Å². The average molecular weight is 346 g/mol. The largest absolute Gasteiger partial charge is 0.401 e. The second kappa shape index (κ2) is 6.05. The molecule has 0 spiro atoms. The van der Waals surface area contributed by atoms with E-state index in [1.54, 1.807) is 29.2 Å². The zero-order valence-corrected chi connectivity index (χ0v) is 12.9. The van der Waals surface area contributed by atoms with Gasteiger partial charge in [-0.05, 0) is 24.3 Å². The van der Waals surface area contributed by atoms with E-state index in [0.29, 0.717) is 10.7 Å². The lowest BCUT2D eigenvalue weighted by Crippen LogP contribution is -2.51. The van der Waals surface area contributed by atoms with Gasteiger partial charge in [0.15, 0.2) is 0 Å². The predicted molar refractivity (Wildman–Crippen MR) is 81.7 cm³/mol. The quantitative estimate of drug-likeness (QED) is 0.908. The maximum Gasteiger partial charge on any atom is 0.401 e. The van der Waals surface area contributed by atoms with Crippen LogP contribution in [0, 0.1) is 0 Å². The Morgan fingerprint density at radius 3 is 2.52 bits per heavy atom. The molecular weight excluding hydrogens is 331 g/mol. The molecule has 1 aliphatic rings. The van der Waals surface area contributed by atoms with Gasteiger partial charge < -0.3 is 9.88 Å². The van der Waals surface area contributed by atoms with E-state index in [2.05, 4.69) is 4.98 Å². The summed E-state index contributed by atoms with van der Waals surface area (Å²) in [6, 6.07) is 6.98. The number of nitrogens with zero attached hydrogens (tertiary/aromatic N) is 2. The molecule has 0 radical (unpaired) electrons. The van der Waals surface area contributed by atoms with E-state index in [1.807, 2.05) is 0 Å². The minimum atomic E-state index is -4.21. The molecule has 124 valence electrons. The summed E-state index contributed by atoms with van der Waals surface area (Å²) >= 11 is 5.92.